The number of hydrogen-bond acceptors (Lipinski definition) is 4. The molecule has 1 unspecified atom stereocenters. The van der Waals surface area contributed by atoms with Gasteiger partial charge in [0.1, 0.15) is 10.8 Å². The Morgan fingerprint density at radius 1 is 1.39 bits per heavy atom. The van der Waals surface area contributed by atoms with E-state index >= 15 is 0 Å². The maximum absolute atomic E-state index is 9.93. The number of hydrogen-bond donors (Lipinski definition) is 2. The summed E-state index contributed by atoms with van der Waals surface area (Å²) in [7, 11) is 0. The van der Waals surface area contributed by atoms with Crippen molar-refractivity contribution in [1.82, 2.24) is 10.3 Å². The normalized spacial score (nSPS) is 12.6. The molecule has 4 heteroatoms. The predicted molar refractivity (Wildman–Crippen MR) is 74.9 cm³/mol. The van der Waals surface area contributed by atoms with Crippen LogP contribution in [0.15, 0.2) is 24.4 Å². The lowest BCUT2D eigenvalue weighted by Crippen LogP contribution is -2.18. The Morgan fingerprint density at radius 2 is 2.17 bits per heavy atom. The second-order valence-electron chi connectivity index (χ2n) is 4.49. The number of aryl methyl sites for hydroxylation is 2. The van der Waals surface area contributed by atoms with Crippen molar-refractivity contribution in [3.05, 3.63) is 45.4 Å². The SMILES string of the molecule is Cc1cnc(C(C)NCc2cccc(C)c2O)s1. The van der Waals surface area contributed by atoms with Crippen molar-refractivity contribution in [3.63, 3.8) is 0 Å². The topological polar surface area (TPSA) is 45.2 Å². The van der Waals surface area contributed by atoms with Gasteiger partial charge in [-0.15, -0.1) is 11.3 Å². The summed E-state index contributed by atoms with van der Waals surface area (Å²) >= 11 is 1.70. The number of phenols is 1. The lowest BCUT2D eigenvalue weighted by Gasteiger charge is -2.12. The van der Waals surface area contributed by atoms with Gasteiger partial charge in [0.15, 0.2) is 0 Å². The largest absolute Gasteiger partial charge is 0.507 e. The van der Waals surface area contributed by atoms with E-state index in [4.69, 9.17) is 0 Å². The van der Waals surface area contributed by atoms with E-state index < -0.39 is 0 Å². The van der Waals surface area contributed by atoms with Crippen LogP contribution < -0.4 is 5.32 Å². The molecule has 18 heavy (non-hydrogen) atoms. The van der Waals surface area contributed by atoms with Crippen LogP contribution in [0.25, 0.3) is 0 Å². The molecule has 1 atom stereocenters. The predicted octanol–water partition coefficient (Wildman–Crippen LogP) is 3.32. The van der Waals surface area contributed by atoms with Crippen molar-refractivity contribution in [2.75, 3.05) is 0 Å². The zero-order valence-corrected chi connectivity index (χ0v) is 11.7. The second kappa shape index (κ2) is 5.50. The van der Waals surface area contributed by atoms with Gasteiger partial charge in [0.2, 0.25) is 0 Å². The smallest absolute Gasteiger partial charge is 0.122 e. The van der Waals surface area contributed by atoms with Crippen molar-refractivity contribution in [2.45, 2.75) is 33.4 Å². The van der Waals surface area contributed by atoms with E-state index in [1.807, 2.05) is 31.3 Å². The first kappa shape index (κ1) is 13.1. The molecule has 0 aliphatic heterocycles. The molecule has 0 bridgehead atoms. The van der Waals surface area contributed by atoms with Gasteiger partial charge in [-0.25, -0.2) is 4.98 Å². The fraction of sp³-hybridized carbons (Fsp3) is 0.357. The molecule has 0 saturated carbocycles. The third kappa shape index (κ3) is 2.89. The minimum absolute atomic E-state index is 0.198. The van der Waals surface area contributed by atoms with Crippen LogP contribution >= 0.6 is 11.3 Å². The first-order valence-electron chi connectivity index (χ1n) is 6.01. The number of para-hydroxylation sites is 1. The lowest BCUT2D eigenvalue weighted by atomic mass is 10.1. The molecule has 0 aliphatic carbocycles. The molecule has 2 aromatic rings. The van der Waals surface area contributed by atoms with Crippen molar-refractivity contribution < 1.29 is 5.11 Å². The van der Waals surface area contributed by atoms with E-state index in [1.165, 1.54) is 4.88 Å². The van der Waals surface area contributed by atoms with E-state index in [2.05, 4.69) is 24.1 Å². The van der Waals surface area contributed by atoms with E-state index in [0.29, 0.717) is 12.3 Å². The van der Waals surface area contributed by atoms with Crippen LogP contribution in [0.1, 0.15) is 34.0 Å². The fourth-order valence-corrected chi connectivity index (χ4v) is 2.59. The van der Waals surface area contributed by atoms with Gasteiger partial charge in [0.25, 0.3) is 0 Å². The van der Waals surface area contributed by atoms with Crippen LogP contribution in [0.5, 0.6) is 5.75 Å². The van der Waals surface area contributed by atoms with Crippen molar-refractivity contribution >= 4 is 11.3 Å². The quantitative estimate of drug-likeness (QED) is 0.888. The first-order valence-corrected chi connectivity index (χ1v) is 6.82. The fourth-order valence-electron chi connectivity index (χ4n) is 1.79. The number of aromatic hydroxyl groups is 1. The zero-order valence-electron chi connectivity index (χ0n) is 10.9. The number of thiazole rings is 1. The Labute approximate surface area is 112 Å². The molecule has 96 valence electrons. The van der Waals surface area contributed by atoms with Gasteiger partial charge < -0.3 is 10.4 Å². The number of nitrogens with zero attached hydrogens (tertiary/aromatic N) is 1. The van der Waals surface area contributed by atoms with Gasteiger partial charge >= 0.3 is 0 Å². The molecule has 1 aromatic carbocycles. The van der Waals surface area contributed by atoms with Crippen LogP contribution in [0, 0.1) is 13.8 Å². The summed E-state index contributed by atoms with van der Waals surface area (Å²) in [6.07, 6.45) is 1.89. The summed E-state index contributed by atoms with van der Waals surface area (Å²) in [4.78, 5) is 5.58. The van der Waals surface area contributed by atoms with E-state index in [0.717, 1.165) is 16.1 Å². The summed E-state index contributed by atoms with van der Waals surface area (Å²) in [5.74, 6) is 0.382. The minimum Gasteiger partial charge on any atom is -0.507 e. The third-order valence-corrected chi connectivity index (χ3v) is 4.03. The first-order chi connectivity index (χ1) is 8.58. The number of aromatic nitrogens is 1. The third-order valence-electron chi connectivity index (χ3n) is 2.93. The van der Waals surface area contributed by atoms with Crippen LogP contribution in [-0.2, 0) is 6.54 Å². The van der Waals surface area contributed by atoms with Gasteiger partial charge in [-0.05, 0) is 26.3 Å². The summed E-state index contributed by atoms with van der Waals surface area (Å²) < 4.78 is 0. The molecule has 1 aromatic heterocycles. The van der Waals surface area contributed by atoms with E-state index in [1.54, 1.807) is 11.3 Å². The van der Waals surface area contributed by atoms with Crippen LogP contribution in [-0.4, -0.2) is 10.1 Å². The number of benzene rings is 1. The summed E-state index contributed by atoms with van der Waals surface area (Å²) in [5, 5.41) is 14.4. The van der Waals surface area contributed by atoms with Crippen LogP contribution in [0.2, 0.25) is 0 Å². The lowest BCUT2D eigenvalue weighted by molar-refractivity contribution is 0.456. The van der Waals surface area contributed by atoms with Gasteiger partial charge in [-0.2, -0.15) is 0 Å². The van der Waals surface area contributed by atoms with Crippen molar-refractivity contribution in [1.29, 1.82) is 0 Å². The van der Waals surface area contributed by atoms with Crippen molar-refractivity contribution in [2.24, 2.45) is 0 Å². The van der Waals surface area contributed by atoms with Crippen LogP contribution in [0.4, 0.5) is 0 Å². The monoisotopic (exact) mass is 262 g/mol. The van der Waals surface area contributed by atoms with Crippen molar-refractivity contribution in [3.8, 4) is 5.75 Å². The molecule has 0 aliphatic rings. The molecule has 0 radical (unpaired) electrons. The van der Waals surface area contributed by atoms with E-state index in [-0.39, 0.29) is 6.04 Å². The molecule has 2 rings (SSSR count). The van der Waals surface area contributed by atoms with Gasteiger partial charge in [0.05, 0.1) is 6.04 Å². The molecule has 1 heterocycles. The Balaban J connectivity index is 2.01. The maximum Gasteiger partial charge on any atom is 0.122 e. The highest BCUT2D eigenvalue weighted by atomic mass is 32.1. The molecular weight excluding hydrogens is 244 g/mol. The molecule has 0 fully saturated rings. The average Bonchev–Trinajstić information content (AvgIpc) is 2.77. The highest BCUT2D eigenvalue weighted by molar-refractivity contribution is 7.11. The Hall–Kier alpha value is -1.39. The van der Waals surface area contributed by atoms with Crippen LogP contribution in [0.3, 0.4) is 0 Å². The summed E-state index contributed by atoms with van der Waals surface area (Å²) in [6, 6.07) is 6.01. The Bertz CT molecular complexity index is 536. The zero-order chi connectivity index (χ0) is 13.1. The molecular formula is C14H18N2OS. The highest BCUT2D eigenvalue weighted by Crippen LogP contribution is 2.23. The number of rotatable bonds is 4. The number of phenolic OH excluding ortho intramolecular Hbond substituents is 1. The average molecular weight is 262 g/mol. The standard InChI is InChI=1S/C14H18N2OS/c1-9-5-4-6-12(13(9)17)8-15-11(3)14-16-7-10(2)18-14/h4-7,11,15,17H,8H2,1-3H3. The molecule has 0 saturated heterocycles. The molecule has 2 N–H and O–H groups in total. The molecule has 0 spiro atoms. The maximum atomic E-state index is 9.93. The Kier molecular flexibility index (Phi) is 3.99. The highest BCUT2D eigenvalue weighted by Gasteiger charge is 2.10. The summed E-state index contributed by atoms with van der Waals surface area (Å²) in [5.41, 5.74) is 1.84. The second-order valence-corrected chi connectivity index (χ2v) is 5.76. The summed E-state index contributed by atoms with van der Waals surface area (Å²) in [6.45, 7) is 6.70. The Morgan fingerprint density at radius 3 is 2.83 bits per heavy atom. The van der Waals surface area contributed by atoms with Gasteiger partial charge in [-0.1, -0.05) is 18.2 Å². The van der Waals surface area contributed by atoms with E-state index in [9.17, 15) is 5.11 Å². The minimum atomic E-state index is 0.198. The van der Waals surface area contributed by atoms with Gasteiger partial charge in [-0.3, -0.25) is 0 Å². The van der Waals surface area contributed by atoms with Gasteiger partial charge in [0, 0.05) is 23.2 Å². The molecule has 3 nitrogen and oxygen atoms in total. The molecule has 0 amide bonds. The number of nitrogens with one attached hydrogen (secondary N) is 1.